The lowest BCUT2D eigenvalue weighted by Gasteiger charge is -2.21. The first-order valence-corrected chi connectivity index (χ1v) is 6.98. The Bertz CT molecular complexity index is 514. The number of carboxylic acids is 1. The molecule has 20 heavy (non-hydrogen) atoms. The number of carbonyl (C=O) groups excluding carboxylic acids is 1. The van der Waals surface area contributed by atoms with Crippen molar-refractivity contribution in [2.24, 2.45) is 5.92 Å². The quantitative estimate of drug-likeness (QED) is 0.862. The molecule has 2 rings (SSSR count). The van der Waals surface area contributed by atoms with E-state index in [-0.39, 0.29) is 5.69 Å². The van der Waals surface area contributed by atoms with Gasteiger partial charge in [-0.3, -0.25) is 4.79 Å². The molecule has 2 N–H and O–H groups in total. The number of para-hydroxylation sites is 1. The van der Waals surface area contributed by atoms with Gasteiger partial charge in [0.15, 0.2) is 0 Å². The Morgan fingerprint density at radius 2 is 2.15 bits per heavy atom. The van der Waals surface area contributed by atoms with Crippen molar-refractivity contribution in [3.05, 3.63) is 28.5 Å². The molecule has 2 amide bonds. The number of halogens is 2. The molecule has 1 aliphatic rings. The molecule has 1 aromatic carbocycles. The maximum Gasteiger partial charge on any atom is 0.323 e. The van der Waals surface area contributed by atoms with E-state index >= 15 is 0 Å². The van der Waals surface area contributed by atoms with E-state index in [0.29, 0.717) is 16.9 Å². The standard InChI is InChI=1S/C13H14BrFN2O3/c14-9-2-1-3-10(15)12(9)16-13(20)17(7-11(18)19)6-8-4-5-8/h1-3,8H,4-7H2,(H,16,20)(H,18,19). The van der Waals surface area contributed by atoms with Crippen molar-refractivity contribution in [3.63, 3.8) is 0 Å². The molecule has 0 spiro atoms. The van der Waals surface area contributed by atoms with Crippen molar-refractivity contribution >= 4 is 33.6 Å². The molecule has 0 aliphatic heterocycles. The first-order chi connectivity index (χ1) is 9.47. The first-order valence-electron chi connectivity index (χ1n) is 6.19. The van der Waals surface area contributed by atoms with Crippen molar-refractivity contribution in [2.75, 3.05) is 18.4 Å². The van der Waals surface area contributed by atoms with Gasteiger partial charge >= 0.3 is 12.0 Å². The second kappa shape index (κ2) is 6.21. The highest BCUT2D eigenvalue weighted by Crippen LogP contribution is 2.30. The van der Waals surface area contributed by atoms with Crippen LogP contribution < -0.4 is 5.32 Å². The van der Waals surface area contributed by atoms with Crippen molar-refractivity contribution in [3.8, 4) is 0 Å². The fourth-order valence-corrected chi connectivity index (χ4v) is 2.24. The second-order valence-corrected chi connectivity index (χ2v) is 5.60. The van der Waals surface area contributed by atoms with Crippen LogP contribution in [0.2, 0.25) is 0 Å². The largest absolute Gasteiger partial charge is 0.480 e. The summed E-state index contributed by atoms with van der Waals surface area (Å²) in [6.45, 7) is -0.0153. The van der Waals surface area contributed by atoms with Crippen LogP contribution in [0.3, 0.4) is 0 Å². The molecule has 0 radical (unpaired) electrons. The molecule has 1 aromatic rings. The normalized spacial score (nSPS) is 13.9. The molecular formula is C13H14BrFN2O3. The van der Waals surface area contributed by atoms with Crippen molar-refractivity contribution in [2.45, 2.75) is 12.8 Å². The smallest absolute Gasteiger partial charge is 0.323 e. The van der Waals surface area contributed by atoms with E-state index in [9.17, 15) is 14.0 Å². The number of nitrogens with zero attached hydrogens (tertiary/aromatic N) is 1. The summed E-state index contributed by atoms with van der Waals surface area (Å²) in [4.78, 5) is 24.1. The molecule has 0 bridgehead atoms. The summed E-state index contributed by atoms with van der Waals surface area (Å²) >= 11 is 3.15. The second-order valence-electron chi connectivity index (χ2n) is 4.74. The Labute approximate surface area is 123 Å². The van der Waals surface area contributed by atoms with E-state index in [0.717, 1.165) is 12.8 Å². The Morgan fingerprint density at radius 1 is 1.45 bits per heavy atom. The van der Waals surface area contributed by atoms with E-state index in [1.54, 1.807) is 6.07 Å². The molecule has 1 saturated carbocycles. The molecule has 0 aromatic heterocycles. The fraction of sp³-hybridized carbons (Fsp3) is 0.385. The van der Waals surface area contributed by atoms with E-state index < -0.39 is 24.4 Å². The zero-order chi connectivity index (χ0) is 14.7. The summed E-state index contributed by atoms with van der Waals surface area (Å²) in [6, 6.07) is 3.73. The number of carboxylic acid groups (broad SMARTS) is 1. The average molecular weight is 345 g/mol. The topological polar surface area (TPSA) is 69.6 Å². The van der Waals surface area contributed by atoms with Crippen molar-refractivity contribution in [1.82, 2.24) is 4.90 Å². The van der Waals surface area contributed by atoms with Gasteiger partial charge in [0.25, 0.3) is 0 Å². The molecule has 0 unspecified atom stereocenters. The van der Waals surface area contributed by atoms with Crippen molar-refractivity contribution < 1.29 is 19.1 Å². The number of hydrogen-bond acceptors (Lipinski definition) is 2. The van der Waals surface area contributed by atoms with Crippen LogP contribution in [0.25, 0.3) is 0 Å². The van der Waals surface area contributed by atoms with Gasteiger partial charge in [-0.25, -0.2) is 9.18 Å². The van der Waals surface area contributed by atoms with Gasteiger partial charge in [0.1, 0.15) is 12.4 Å². The minimum Gasteiger partial charge on any atom is -0.480 e. The lowest BCUT2D eigenvalue weighted by molar-refractivity contribution is -0.137. The number of nitrogens with one attached hydrogen (secondary N) is 1. The predicted octanol–water partition coefficient (Wildman–Crippen LogP) is 2.92. The Morgan fingerprint density at radius 3 is 2.70 bits per heavy atom. The van der Waals surface area contributed by atoms with Crippen LogP contribution >= 0.6 is 15.9 Å². The number of amides is 2. The first kappa shape index (κ1) is 14.8. The molecule has 0 atom stereocenters. The van der Waals surface area contributed by atoms with Gasteiger partial charge in [-0.1, -0.05) is 6.07 Å². The van der Waals surface area contributed by atoms with Crippen LogP contribution in [0.4, 0.5) is 14.9 Å². The lowest BCUT2D eigenvalue weighted by atomic mass is 10.3. The van der Waals surface area contributed by atoms with Gasteiger partial charge in [0.05, 0.1) is 5.69 Å². The van der Waals surface area contributed by atoms with Crippen molar-refractivity contribution in [1.29, 1.82) is 0 Å². The third kappa shape index (κ3) is 3.93. The van der Waals surface area contributed by atoms with Crippen LogP contribution in [0.15, 0.2) is 22.7 Å². The third-order valence-corrected chi connectivity index (χ3v) is 3.64. The summed E-state index contributed by atoms with van der Waals surface area (Å²) in [6.07, 6.45) is 1.99. The highest BCUT2D eigenvalue weighted by Gasteiger charge is 2.28. The minimum atomic E-state index is -1.09. The fourth-order valence-electron chi connectivity index (χ4n) is 1.80. The predicted molar refractivity (Wildman–Crippen MR) is 75.1 cm³/mol. The number of urea groups is 1. The van der Waals surface area contributed by atoms with E-state index in [2.05, 4.69) is 21.2 Å². The Hall–Kier alpha value is -1.63. The number of aliphatic carboxylic acids is 1. The Kier molecular flexibility index (Phi) is 4.59. The van der Waals surface area contributed by atoms with Gasteiger partial charge in [0.2, 0.25) is 0 Å². The van der Waals surface area contributed by atoms with Crippen LogP contribution in [0.5, 0.6) is 0 Å². The number of anilines is 1. The highest BCUT2D eigenvalue weighted by atomic mass is 79.9. The van der Waals surface area contributed by atoms with Gasteiger partial charge in [-0.2, -0.15) is 0 Å². The zero-order valence-corrected chi connectivity index (χ0v) is 12.2. The third-order valence-electron chi connectivity index (χ3n) is 2.98. The van der Waals surface area contributed by atoms with E-state index in [1.165, 1.54) is 17.0 Å². The summed E-state index contributed by atoms with van der Waals surface area (Å²) in [5.41, 5.74) is 0.0173. The van der Waals surface area contributed by atoms with Crippen LogP contribution in [-0.2, 0) is 4.79 Å². The van der Waals surface area contributed by atoms with E-state index in [1.807, 2.05) is 0 Å². The number of carbonyl (C=O) groups is 2. The summed E-state index contributed by atoms with van der Waals surface area (Å²) in [5.74, 6) is -1.31. The maximum absolute atomic E-state index is 13.6. The maximum atomic E-state index is 13.6. The molecule has 0 saturated heterocycles. The SMILES string of the molecule is O=C(O)CN(CC1CC1)C(=O)Nc1c(F)cccc1Br. The van der Waals surface area contributed by atoms with Gasteiger partial charge in [0, 0.05) is 11.0 Å². The summed E-state index contributed by atoms with van der Waals surface area (Å²) in [5, 5.41) is 11.3. The van der Waals surface area contributed by atoms with Crippen LogP contribution in [0.1, 0.15) is 12.8 Å². The molecule has 108 valence electrons. The Balaban J connectivity index is 2.08. The van der Waals surface area contributed by atoms with Crippen LogP contribution in [-0.4, -0.2) is 35.1 Å². The summed E-state index contributed by atoms with van der Waals surface area (Å²) in [7, 11) is 0. The van der Waals surface area contributed by atoms with Crippen LogP contribution in [0, 0.1) is 11.7 Å². The lowest BCUT2D eigenvalue weighted by Crippen LogP contribution is -2.40. The number of rotatable bonds is 5. The van der Waals surface area contributed by atoms with Gasteiger partial charge in [-0.15, -0.1) is 0 Å². The number of benzene rings is 1. The molecular weight excluding hydrogens is 331 g/mol. The monoisotopic (exact) mass is 344 g/mol. The molecule has 1 aliphatic carbocycles. The molecule has 1 fully saturated rings. The molecule has 0 heterocycles. The zero-order valence-electron chi connectivity index (χ0n) is 10.6. The number of hydrogen-bond donors (Lipinski definition) is 2. The van der Waals surface area contributed by atoms with E-state index in [4.69, 9.17) is 5.11 Å². The summed E-state index contributed by atoms with van der Waals surface area (Å²) < 4.78 is 14.0. The molecule has 7 heteroatoms. The highest BCUT2D eigenvalue weighted by molar-refractivity contribution is 9.10. The average Bonchev–Trinajstić information content (AvgIpc) is 3.16. The van der Waals surface area contributed by atoms with Gasteiger partial charge < -0.3 is 15.3 Å². The molecule has 5 nitrogen and oxygen atoms in total. The van der Waals surface area contributed by atoms with Gasteiger partial charge in [-0.05, 0) is 46.8 Å². The minimum absolute atomic E-state index is 0.0173.